The second kappa shape index (κ2) is 5.09. The Morgan fingerprint density at radius 2 is 2.19 bits per heavy atom. The molecular weight excluding hydrogens is 248 g/mol. The molecule has 0 spiro atoms. The van der Waals surface area contributed by atoms with Gasteiger partial charge in [-0.2, -0.15) is 0 Å². The Labute approximate surface area is 101 Å². The highest BCUT2D eigenvalue weighted by atomic mass is 32.2. The second-order valence-corrected chi connectivity index (χ2v) is 6.67. The Morgan fingerprint density at radius 1 is 1.56 bits per heavy atom. The normalized spacial score (nSPS) is 22.9. The third-order valence-corrected chi connectivity index (χ3v) is 4.52. The summed E-state index contributed by atoms with van der Waals surface area (Å²) in [5.74, 6) is -0.510. The van der Waals surface area contributed by atoms with Gasteiger partial charge in [-0.25, -0.2) is 8.42 Å². The molecule has 1 heterocycles. The van der Waals surface area contributed by atoms with Gasteiger partial charge in [-0.05, 0) is 13.3 Å². The molecular formula is C9H16N2O3S2. The molecule has 1 unspecified atom stereocenters. The molecule has 0 bridgehead atoms. The molecule has 0 aliphatic carbocycles. The molecule has 1 rings (SSSR count). The van der Waals surface area contributed by atoms with Gasteiger partial charge in [-0.3, -0.25) is 4.79 Å². The van der Waals surface area contributed by atoms with E-state index in [4.69, 9.17) is 18.0 Å². The van der Waals surface area contributed by atoms with Gasteiger partial charge in [-0.15, -0.1) is 0 Å². The third-order valence-electron chi connectivity index (χ3n) is 2.62. The Kier molecular flexibility index (Phi) is 4.26. The number of amides is 1. The van der Waals surface area contributed by atoms with E-state index < -0.39 is 15.8 Å². The highest BCUT2D eigenvalue weighted by molar-refractivity contribution is 7.91. The quantitative estimate of drug-likeness (QED) is 0.696. The molecule has 0 radical (unpaired) electrons. The predicted octanol–water partition coefficient (Wildman–Crippen LogP) is -0.444. The molecule has 16 heavy (non-hydrogen) atoms. The van der Waals surface area contributed by atoms with Crippen LogP contribution in [0.15, 0.2) is 0 Å². The number of hydrogen-bond acceptors (Lipinski definition) is 4. The van der Waals surface area contributed by atoms with Gasteiger partial charge >= 0.3 is 0 Å². The van der Waals surface area contributed by atoms with E-state index in [1.165, 1.54) is 4.90 Å². The lowest BCUT2D eigenvalue weighted by atomic mass is 10.1. The first-order chi connectivity index (χ1) is 7.35. The number of thiocarbonyl (C=S) groups is 1. The van der Waals surface area contributed by atoms with Crippen molar-refractivity contribution in [2.45, 2.75) is 13.3 Å². The van der Waals surface area contributed by atoms with Crippen LogP contribution in [0.4, 0.5) is 0 Å². The zero-order chi connectivity index (χ0) is 12.3. The SMILES string of the molecule is CCN(CC(N)=S)C(=O)C1CCS(=O)(=O)C1. The van der Waals surface area contributed by atoms with Crippen molar-refractivity contribution in [2.75, 3.05) is 24.6 Å². The number of hydrogen-bond donors (Lipinski definition) is 1. The first-order valence-corrected chi connectivity index (χ1v) is 7.36. The summed E-state index contributed by atoms with van der Waals surface area (Å²) in [6.07, 6.45) is 0.412. The van der Waals surface area contributed by atoms with Crippen molar-refractivity contribution in [1.82, 2.24) is 4.90 Å². The molecule has 1 saturated heterocycles. The van der Waals surface area contributed by atoms with E-state index in [1.54, 1.807) is 0 Å². The number of carbonyl (C=O) groups is 1. The van der Waals surface area contributed by atoms with E-state index in [2.05, 4.69) is 0 Å². The number of sulfone groups is 1. The molecule has 7 heteroatoms. The minimum Gasteiger partial charge on any atom is -0.392 e. The summed E-state index contributed by atoms with van der Waals surface area (Å²) in [4.78, 5) is 13.7. The predicted molar refractivity (Wildman–Crippen MR) is 65.8 cm³/mol. The van der Waals surface area contributed by atoms with Crippen molar-refractivity contribution in [2.24, 2.45) is 11.7 Å². The fourth-order valence-corrected chi connectivity index (χ4v) is 3.67. The molecule has 0 aromatic carbocycles. The fraction of sp³-hybridized carbons (Fsp3) is 0.778. The van der Waals surface area contributed by atoms with E-state index in [1.807, 2.05) is 6.92 Å². The van der Waals surface area contributed by atoms with Crippen molar-refractivity contribution < 1.29 is 13.2 Å². The van der Waals surface area contributed by atoms with E-state index in [0.717, 1.165) is 0 Å². The average Bonchev–Trinajstić information content (AvgIpc) is 2.54. The van der Waals surface area contributed by atoms with E-state index in [-0.39, 0.29) is 28.9 Å². The van der Waals surface area contributed by atoms with Crippen LogP contribution < -0.4 is 5.73 Å². The number of nitrogens with two attached hydrogens (primary N) is 1. The number of nitrogens with zero attached hydrogens (tertiary/aromatic N) is 1. The zero-order valence-electron chi connectivity index (χ0n) is 9.18. The van der Waals surface area contributed by atoms with Gasteiger partial charge in [0.05, 0.1) is 29.0 Å². The average molecular weight is 264 g/mol. The summed E-state index contributed by atoms with van der Waals surface area (Å²) in [5, 5.41) is 0. The number of carbonyl (C=O) groups excluding carboxylic acids is 1. The molecule has 0 saturated carbocycles. The molecule has 1 aliphatic rings. The van der Waals surface area contributed by atoms with Crippen molar-refractivity contribution in [3.63, 3.8) is 0 Å². The molecule has 0 aromatic rings. The topological polar surface area (TPSA) is 80.5 Å². The van der Waals surface area contributed by atoms with Crippen molar-refractivity contribution in [3.8, 4) is 0 Å². The second-order valence-electron chi connectivity index (χ2n) is 3.92. The van der Waals surface area contributed by atoms with E-state index in [9.17, 15) is 13.2 Å². The van der Waals surface area contributed by atoms with Crippen molar-refractivity contribution in [3.05, 3.63) is 0 Å². The molecule has 5 nitrogen and oxygen atoms in total. The maximum Gasteiger partial charge on any atom is 0.227 e. The summed E-state index contributed by atoms with van der Waals surface area (Å²) < 4.78 is 22.5. The molecule has 1 amide bonds. The first kappa shape index (κ1) is 13.4. The molecule has 1 aliphatic heterocycles. The van der Waals surface area contributed by atoms with Gasteiger partial charge in [0.25, 0.3) is 0 Å². The third kappa shape index (κ3) is 3.41. The highest BCUT2D eigenvalue weighted by Crippen LogP contribution is 2.20. The lowest BCUT2D eigenvalue weighted by Gasteiger charge is -2.22. The maximum atomic E-state index is 11.9. The lowest BCUT2D eigenvalue weighted by Crippen LogP contribution is -2.41. The van der Waals surface area contributed by atoms with Crippen LogP contribution >= 0.6 is 12.2 Å². The van der Waals surface area contributed by atoms with Gasteiger partial charge in [0.2, 0.25) is 5.91 Å². The summed E-state index contributed by atoms with van der Waals surface area (Å²) in [5.41, 5.74) is 5.38. The Bertz CT molecular complexity index is 392. The minimum absolute atomic E-state index is 0.0420. The van der Waals surface area contributed by atoms with E-state index >= 15 is 0 Å². The Morgan fingerprint density at radius 3 is 2.56 bits per heavy atom. The van der Waals surface area contributed by atoms with Gasteiger partial charge in [0.1, 0.15) is 0 Å². The lowest BCUT2D eigenvalue weighted by molar-refractivity contribution is -0.133. The van der Waals surface area contributed by atoms with Crippen LogP contribution in [0.25, 0.3) is 0 Å². The molecule has 1 fully saturated rings. The first-order valence-electron chi connectivity index (χ1n) is 5.13. The number of rotatable bonds is 4. The minimum atomic E-state index is -3.02. The van der Waals surface area contributed by atoms with E-state index in [0.29, 0.717) is 13.0 Å². The summed E-state index contributed by atoms with van der Waals surface area (Å²) in [6.45, 7) is 2.54. The smallest absolute Gasteiger partial charge is 0.227 e. The number of likely N-dealkylation sites (N-methyl/N-ethyl adjacent to an activating group) is 1. The van der Waals surface area contributed by atoms with Crippen molar-refractivity contribution in [1.29, 1.82) is 0 Å². The van der Waals surface area contributed by atoms with Crippen LogP contribution in [0.2, 0.25) is 0 Å². The van der Waals surface area contributed by atoms with Crippen LogP contribution in [-0.2, 0) is 14.6 Å². The molecule has 2 N–H and O–H groups in total. The van der Waals surface area contributed by atoms with Crippen LogP contribution in [0.1, 0.15) is 13.3 Å². The fourth-order valence-electron chi connectivity index (χ4n) is 1.78. The zero-order valence-corrected chi connectivity index (χ0v) is 10.8. The maximum absolute atomic E-state index is 11.9. The monoisotopic (exact) mass is 264 g/mol. The highest BCUT2D eigenvalue weighted by Gasteiger charge is 2.34. The summed E-state index contributed by atoms with van der Waals surface area (Å²) in [7, 11) is -3.02. The van der Waals surface area contributed by atoms with Crippen LogP contribution in [0.3, 0.4) is 0 Å². The van der Waals surface area contributed by atoms with Crippen LogP contribution in [0, 0.1) is 5.92 Å². The summed E-state index contributed by atoms with van der Waals surface area (Å²) >= 11 is 4.74. The van der Waals surface area contributed by atoms with Gasteiger partial charge in [0, 0.05) is 6.54 Å². The Balaban J connectivity index is 2.66. The largest absolute Gasteiger partial charge is 0.392 e. The Hall–Kier alpha value is -0.690. The van der Waals surface area contributed by atoms with Crippen molar-refractivity contribution >= 4 is 33.0 Å². The molecule has 92 valence electrons. The molecule has 1 atom stereocenters. The standard InChI is InChI=1S/C9H16N2O3S2/c1-2-11(5-8(10)15)9(12)7-3-4-16(13,14)6-7/h7H,2-6H2,1H3,(H2,10,15). The molecule has 0 aromatic heterocycles. The van der Waals surface area contributed by atoms with Crippen LogP contribution in [0.5, 0.6) is 0 Å². The van der Waals surface area contributed by atoms with Crippen LogP contribution in [-0.4, -0.2) is 48.8 Å². The van der Waals surface area contributed by atoms with Gasteiger partial charge in [0.15, 0.2) is 9.84 Å². The van der Waals surface area contributed by atoms with Gasteiger partial charge in [-0.1, -0.05) is 12.2 Å². The summed E-state index contributed by atoms with van der Waals surface area (Å²) in [6, 6.07) is 0. The van der Waals surface area contributed by atoms with Gasteiger partial charge < -0.3 is 10.6 Å².